The Balaban J connectivity index is 1.72. The molecule has 2 aliphatic heterocycles. The van der Waals surface area contributed by atoms with Crippen LogP contribution in [0.5, 0.6) is 0 Å². The summed E-state index contributed by atoms with van der Waals surface area (Å²) in [6.45, 7) is 8.96. The number of rotatable bonds is 1. The van der Waals surface area contributed by atoms with Crippen LogP contribution < -0.4 is 0 Å². The Kier molecular flexibility index (Phi) is 4.39. The molecule has 2 aliphatic rings. The molecule has 25 heavy (non-hydrogen) atoms. The third-order valence-corrected chi connectivity index (χ3v) is 6.07. The van der Waals surface area contributed by atoms with E-state index in [1.807, 2.05) is 13.8 Å². The molecule has 1 aromatic rings. The number of aliphatic hydroxyl groups is 1. The van der Waals surface area contributed by atoms with Crippen molar-refractivity contribution in [3.8, 4) is 0 Å². The second-order valence-corrected chi connectivity index (χ2v) is 8.03. The van der Waals surface area contributed by atoms with Gasteiger partial charge in [0, 0.05) is 26.6 Å². The molecule has 0 unspecified atom stereocenters. The number of hydrogen-bond donors (Lipinski definition) is 1. The molecule has 0 radical (unpaired) electrons. The van der Waals surface area contributed by atoms with Crippen LogP contribution in [0.1, 0.15) is 56.3 Å². The Labute approximate surface area is 148 Å². The Morgan fingerprint density at radius 2 is 1.96 bits per heavy atom. The molecule has 2 amide bonds. The van der Waals surface area contributed by atoms with E-state index >= 15 is 0 Å². The van der Waals surface area contributed by atoms with Crippen LogP contribution in [-0.4, -0.2) is 63.0 Å². The monoisotopic (exact) mass is 349 g/mol. The van der Waals surface area contributed by atoms with Gasteiger partial charge in [0.15, 0.2) is 12.1 Å². The normalized spacial score (nSPS) is 25.2. The summed E-state index contributed by atoms with van der Waals surface area (Å²) >= 11 is 0. The number of likely N-dealkylation sites (tertiary alicyclic amines) is 2. The van der Waals surface area contributed by atoms with E-state index in [1.54, 1.807) is 23.6 Å². The van der Waals surface area contributed by atoms with Crippen LogP contribution in [-0.2, 0) is 4.79 Å². The standard InChI is InChI=1S/C18H27N3O4/c1-12-15(19-11-25-12)16(24)20-7-5-18(6-8-20)9-14(23)17(3,4)21(10-18)13(2)22/h11,14,23H,5-10H2,1-4H3/t14-/m1/s1. The van der Waals surface area contributed by atoms with Crippen LogP contribution in [0.2, 0.25) is 0 Å². The third kappa shape index (κ3) is 3.05. The minimum absolute atomic E-state index is 0.0140. The van der Waals surface area contributed by atoms with E-state index in [9.17, 15) is 14.7 Å². The number of oxazole rings is 1. The smallest absolute Gasteiger partial charge is 0.276 e. The summed E-state index contributed by atoms with van der Waals surface area (Å²) in [5.74, 6) is 0.406. The average molecular weight is 349 g/mol. The molecule has 0 aromatic carbocycles. The number of amides is 2. The molecule has 1 spiro atoms. The van der Waals surface area contributed by atoms with Crippen molar-refractivity contribution in [2.24, 2.45) is 5.41 Å². The molecule has 1 N–H and O–H groups in total. The first-order valence-electron chi connectivity index (χ1n) is 8.82. The highest BCUT2D eigenvalue weighted by molar-refractivity contribution is 5.93. The largest absolute Gasteiger partial charge is 0.448 e. The zero-order valence-electron chi connectivity index (χ0n) is 15.4. The number of aliphatic hydroxyl groups excluding tert-OH is 1. The summed E-state index contributed by atoms with van der Waals surface area (Å²) in [4.78, 5) is 32.3. The molecule has 2 saturated heterocycles. The van der Waals surface area contributed by atoms with Gasteiger partial charge in [0.1, 0.15) is 5.76 Å². The number of nitrogens with zero attached hydrogens (tertiary/aromatic N) is 3. The van der Waals surface area contributed by atoms with Crippen LogP contribution in [0.4, 0.5) is 0 Å². The minimum Gasteiger partial charge on any atom is -0.448 e. The average Bonchev–Trinajstić information content (AvgIpc) is 2.97. The highest BCUT2D eigenvalue weighted by Crippen LogP contribution is 2.45. The zero-order chi connectivity index (χ0) is 18.4. The quantitative estimate of drug-likeness (QED) is 0.832. The number of aromatic nitrogens is 1. The van der Waals surface area contributed by atoms with Gasteiger partial charge in [0.2, 0.25) is 5.91 Å². The predicted molar refractivity (Wildman–Crippen MR) is 90.9 cm³/mol. The summed E-state index contributed by atoms with van der Waals surface area (Å²) < 4.78 is 5.13. The van der Waals surface area contributed by atoms with Crippen molar-refractivity contribution in [1.82, 2.24) is 14.8 Å². The van der Waals surface area contributed by atoms with E-state index in [0.717, 1.165) is 12.8 Å². The molecule has 3 heterocycles. The van der Waals surface area contributed by atoms with Gasteiger partial charge in [-0.3, -0.25) is 9.59 Å². The molecular weight excluding hydrogens is 322 g/mol. The minimum atomic E-state index is -0.565. The van der Waals surface area contributed by atoms with E-state index in [4.69, 9.17) is 4.42 Å². The molecule has 1 atom stereocenters. The molecule has 3 rings (SSSR count). The fourth-order valence-electron chi connectivity index (χ4n) is 4.17. The van der Waals surface area contributed by atoms with Gasteiger partial charge in [-0.15, -0.1) is 0 Å². The van der Waals surface area contributed by atoms with Crippen LogP contribution in [0.15, 0.2) is 10.8 Å². The number of carbonyl (C=O) groups is 2. The van der Waals surface area contributed by atoms with E-state index in [0.29, 0.717) is 37.5 Å². The number of aryl methyl sites for hydroxylation is 1. The van der Waals surface area contributed by atoms with Gasteiger partial charge >= 0.3 is 0 Å². The molecular formula is C18H27N3O4. The van der Waals surface area contributed by atoms with Gasteiger partial charge in [-0.05, 0) is 45.4 Å². The molecule has 0 bridgehead atoms. The van der Waals surface area contributed by atoms with Gasteiger partial charge in [0.05, 0.1) is 11.6 Å². The molecule has 0 saturated carbocycles. The van der Waals surface area contributed by atoms with E-state index in [-0.39, 0.29) is 17.2 Å². The number of carbonyl (C=O) groups excluding carboxylic acids is 2. The first-order valence-corrected chi connectivity index (χ1v) is 8.82. The first kappa shape index (κ1) is 17.9. The van der Waals surface area contributed by atoms with E-state index < -0.39 is 11.6 Å². The predicted octanol–water partition coefficient (Wildman–Crippen LogP) is 1.60. The van der Waals surface area contributed by atoms with Crippen LogP contribution in [0, 0.1) is 12.3 Å². The summed E-state index contributed by atoms with van der Waals surface area (Å²) in [6, 6.07) is 0. The highest BCUT2D eigenvalue weighted by atomic mass is 16.3. The lowest BCUT2D eigenvalue weighted by Crippen LogP contribution is -2.64. The SMILES string of the molecule is CC(=O)N1CC2(CCN(C(=O)c3ncoc3C)CC2)C[C@@H](O)C1(C)C. The van der Waals surface area contributed by atoms with Crippen molar-refractivity contribution in [2.45, 2.75) is 58.6 Å². The Morgan fingerprint density at radius 1 is 1.32 bits per heavy atom. The summed E-state index contributed by atoms with van der Waals surface area (Å²) in [6.07, 6.45) is 2.93. The molecule has 7 heteroatoms. The maximum atomic E-state index is 12.6. The second-order valence-electron chi connectivity index (χ2n) is 8.03. The number of piperidine rings is 2. The Hall–Kier alpha value is -1.89. The Bertz CT molecular complexity index is 674. The van der Waals surface area contributed by atoms with Gasteiger partial charge in [-0.1, -0.05) is 0 Å². The van der Waals surface area contributed by atoms with Crippen molar-refractivity contribution < 1.29 is 19.1 Å². The lowest BCUT2D eigenvalue weighted by atomic mass is 9.67. The van der Waals surface area contributed by atoms with Crippen molar-refractivity contribution in [3.05, 3.63) is 17.8 Å². The van der Waals surface area contributed by atoms with Crippen LogP contribution in [0.3, 0.4) is 0 Å². The molecule has 1 aromatic heterocycles. The zero-order valence-corrected chi connectivity index (χ0v) is 15.4. The Morgan fingerprint density at radius 3 is 2.48 bits per heavy atom. The van der Waals surface area contributed by atoms with Crippen molar-refractivity contribution in [3.63, 3.8) is 0 Å². The third-order valence-electron chi connectivity index (χ3n) is 6.07. The molecule has 138 valence electrons. The molecule has 2 fully saturated rings. The second kappa shape index (κ2) is 6.12. The van der Waals surface area contributed by atoms with E-state index in [1.165, 1.54) is 6.39 Å². The van der Waals surface area contributed by atoms with Crippen molar-refractivity contribution in [2.75, 3.05) is 19.6 Å². The lowest BCUT2D eigenvalue weighted by Gasteiger charge is -2.55. The summed E-state index contributed by atoms with van der Waals surface area (Å²) in [5.41, 5.74) is -0.316. The van der Waals surface area contributed by atoms with Gasteiger partial charge in [0.25, 0.3) is 5.91 Å². The fourth-order valence-corrected chi connectivity index (χ4v) is 4.17. The van der Waals surface area contributed by atoms with Crippen molar-refractivity contribution >= 4 is 11.8 Å². The van der Waals surface area contributed by atoms with Gasteiger partial charge < -0.3 is 19.3 Å². The number of hydrogen-bond acceptors (Lipinski definition) is 5. The van der Waals surface area contributed by atoms with Gasteiger partial charge in [-0.2, -0.15) is 0 Å². The van der Waals surface area contributed by atoms with Crippen LogP contribution >= 0.6 is 0 Å². The lowest BCUT2D eigenvalue weighted by molar-refractivity contribution is -0.156. The molecule has 0 aliphatic carbocycles. The maximum Gasteiger partial charge on any atom is 0.276 e. The van der Waals surface area contributed by atoms with Crippen LogP contribution in [0.25, 0.3) is 0 Å². The topological polar surface area (TPSA) is 86.9 Å². The van der Waals surface area contributed by atoms with Gasteiger partial charge in [-0.25, -0.2) is 4.98 Å². The van der Waals surface area contributed by atoms with E-state index in [2.05, 4.69) is 4.98 Å². The summed E-state index contributed by atoms with van der Waals surface area (Å²) in [7, 11) is 0. The highest BCUT2D eigenvalue weighted by Gasteiger charge is 2.50. The summed E-state index contributed by atoms with van der Waals surface area (Å²) in [5, 5.41) is 10.6. The maximum absolute atomic E-state index is 12.6. The fraction of sp³-hybridized carbons (Fsp3) is 0.722. The van der Waals surface area contributed by atoms with Crippen molar-refractivity contribution in [1.29, 1.82) is 0 Å². The first-order chi connectivity index (χ1) is 11.7. The molecule has 7 nitrogen and oxygen atoms in total.